The van der Waals surface area contributed by atoms with E-state index in [1.165, 1.54) is 0 Å². The van der Waals surface area contributed by atoms with Gasteiger partial charge in [0.15, 0.2) is 0 Å². The molecular formula is C28H28N8O2. The maximum atomic E-state index is 13.1. The van der Waals surface area contributed by atoms with Crippen molar-refractivity contribution in [1.82, 2.24) is 29.6 Å². The summed E-state index contributed by atoms with van der Waals surface area (Å²) < 4.78 is 1.89. The molecule has 3 aromatic heterocycles. The predicted octanol–water partition coefficient (Wildman–Crippen LogP) is 2.90. The lowest BCUT2D eigenvalue weighted by Gasteiger charge is -2.43. The van der Waals surface area contributed by atoms with E-state index in [2.05, 4.69) is 32.4 Å². The molecular weight excluding hydrogens is 480 g/mol. The normalized spacial score (nSPS) is 19.0. The SMILES string of the molecule is CC#CC(=O)N1C(c2nc(-c3ccc(C(=O)Nc4ccccn4)cc3)c3c(N)nccn23)[C@H](C)NC[C@@H]1C. The lowest BCUT2D eigenvalue weighted by Crippen LogP contribution is -2.58. The fourth-order valence-electron chi connectivity index (χ4n) is 4.83. The van der Waals surface area contributed by atoms with E-state index in [0.29, 0.717) is 40.8 Å². The summed E-state index contributed by atoms with van der Waals surface area (Å²) in [4.78, 5) is 41.0. The summed E-state index contributed by atoms with van der Waals surface area (Å²) in [5.41, 5.74) is 8.83. The minimum atomic E-state index is -0.390. The summed E-state index contributed by atoms with van der Waals surface area (Å²) in [6, 6.07) is 11.8. The first-order chi connectivity index (χ1) is 18.4. The second kappa shape index (κ2) is 10.3. The Hall–Kier alpha value is -4.75. The van der Waals surface area contributed by atoms with Gasteiger partial charge in [-0.05, 0) is 51.0 Å². The number of carbonyl (C=O) groups excluding carboxylic acids is 2. The highest BCUT2D eigenvalue weighted by molar-refractivity contribution is 6.04. The zero-order chi connectivity index (χ0) is 26.8. The Labute approximate surface area is 220 Å². The molecule has 1 fully saturated rings. The zero-order valence-corrected chi connectivity index (χ0v) is 21.3. The summed E-state index contributed by atoms with van der Waals surface area (Å²) in [6.45, 7) is 6.31. The van der Waals surface area contributed by atoms with Gasteiger partial charge in [0.25, 0.3) is 11.8 Å². The molecule has 1 aliphatic heterocycles. The molecule has 0 spiro atoms. The van der Waals surface area contributed by atoms with Gasteiger partial charge in [-0.25, -0.2) is 15.0 Å². The van der Waals surface area contributed by atoms with E-state index in [0.717, 1.165) is 5.56 Å². The molecule has 10 heteroatoms. The summed E-state index contributed by atoms with van der Waals surface area (Å²) in [7, 11) is 0. The van der Waals surface area contributed by atoms with Gasteiger partial charge in [-0.3, -0.25) is 14.0 Å². The van der Waals surface area contributed by atoms with E-state index in [9.17, 15) is 9.59 Å². The number of pyridine rings is 1. The second-order valence-corrected chi connectivity index (χ2v) is 9.17. The summed E-state index contributed by atoms with van der Waals surface area (Å²) >= 11 is 0. The van der Waals surface area contributed by atoms with Crippen molar-refractivity contribution in [3.63, 3.8) is 0 Å². The topological polar surface area (TPSA) is 131 Å². The van der Waals surface area contributed by atoms with Crippen molar-refractivity contribution < 1.29 is 9.59 Å². The highest BCUT2D eigenvalue weighted by Crippen LogP contribution is 2.35. The minimum Gasteiger partial charge on any atom is -0.382 e. The molecule has 5 rings (SSSR count). The van der Waals surface area contributed by atoms with Crippen molar-refractivity contribution >= 4 is 29.0 Å². The van der Waals surface area contributed by atoms with Crippen LogP contribution in [0.25, 0.3) is 16.8 Å². The maximum absolute atomic E-state index is 13.1. The van der Waals surface area contributed by atoms with Crippen LogP contribution in [0.3, 0.4) is 0 Å². The Morgan fingerprint density at radius 1 is 1.11 bits per heavy atom. The Morgan fingerprint density at radius 2 is 1.89 bits per heavy atom. The number of imidazole rings is 1. The van der Waals surface area contributed by atoms with Crippen LogP contribution in [0.1, 0.15) is 43.0 Å². The van der Waals surface area contributed by atoms with Crippen LogP contribution in [0, 0.1) is 11.8 Å². The van der Waals surface area contributed by atoms with E-state index in [4.69, 9.17) is 10.7 Å². The van der Waals surface area contributed by atoms with Crippen molar-refractivity contribution in [2.45, 2.75) is 38.9 Å². The van der Waals surface area contributed by atoms with Crippen LogP contribution < -0.4 is 16.4 Å². The molecule has 192 valence electrons. The number of nitrogen functional groups attached to an aromatic ring is 1. The molecule has 0 saturated carbocycles. The second-order valence-electron chi connectivity index (χ2n) is 9.17. The third kappa shape index (κ3) is 4.55. The van der Waals surface area contributed by atoms with Crippen molar-refractivity contribution in [1.29, 1.82) is 0 Å². The highest BCUT2D eigenvalue weighted by atomic mass is 16.2. The fraction of sp³-hybridized carbons (Fsp3) is 0.250. The van der Waals surface area contributed by atoms with Gasteiger partial charge in [-0.1, -0.05) is 24.1 Å². The Kier molecular flexibility index (Phi) is 6.77. The molecule has 1 unspecified atom stereocenters. The number of anilines is 2. The standard InChI is InChI=1S/C28H28N8O2/c1-4-7-22(37)36-17(2)16-32-18(3)24(36)27-34-23(25-26(29)31-14-15-35(25)27)19-9-11-20(12-10-19)28(38)33-21-8-5-6-13-30-21/h5-6,8-15,17-18,24,32H,16H2,1-3H3,(H2,29,31)(H,30,33,38)/t17-,18-,24?/m0/s1. The fourth-order valence-corrected chi connectivity index (χ4v) is 4.83. The summed E-state index contributed by atoms with van der Waals surface area (Å²) in [5, 5.41) is 6.27. The Balaban J connectivity index is 1.56. The first-order valence-corrected chi connectivity index (χ1v) is 12.3. The molecule has 1 saturated heterocycles. The summed E-state index contributed by atoms with van der Waals surface area (Å²) in [5.74, 6) is 6.34. The first kappa shape index (κ1) is 24.9. The molecule has 0 aliphatic carbocycles. The maximum Gasteiger partial charge on any atom is 0.299 e. The predicted molar refractivity (Wildman–Crippen MR) is 145 cm³/mol. The van der Waals surface area contributed by atoms with Gasteiger partial charge in [-0.15, -0.1) is 0 Å². The van der Waals surface area contributed by atoms with Crippen molar-refractivity contribution in [2.24, 2.45) is 0 Å². The van der Waals surface area contributed by atoms with Crippen LogP contribution in [0.5, 0.6) is 0 Å². The molecule has 2 amide bonds. The third-order valence-corrected chi connectivity index (χ3v) is 6.65. The first-order valence-electron chi connectivity index (χ1n) is 12.3. The summed E-state index contributed by atoms with van der Waals surface area (Å²) in [6.07, 6.45) is 5.03. The van der Waals surface area contributed by atoms with E-state index < -0.39 is 6.04 Å². The van der Waals surface area contributed by atoms with Gasteiger partial charge in [0.2, 0.25) is 0 Å². The van der Waals surface area contributed by atoms with Crippen LogP contribution in [0.2, 0.25) is 0 Å². The number of nitrogens with zero attached hydrogens (tertiary/aromatic N) is 5. The molecule has 3 atom stereocenters. The van der Waals surface area contributed by atoms with Crippen LogP contribution in [-0.4, -0.2) is 54.7 Å². The van der Waals surface area contributed by atoms with Crippen LogP contribution >= 0.6 is 0 Å². The van der Waals surface area contributed by atoms with Gasteiger partial charge in [0.1, 0.15) is 34.7 Å². The molecule has 10 nitrogen and oxygen atoms in total. The van der Waals surface area contributed by atoms with Crippen molar-refractivity contribution in [3.05, 3.63) is 72.4 Å². The van der Waals surface area contributed by atoms with E-state index in [1.54, 1.807) is 60.7 Å². The number of piperazine rings is 1. The van der Waals surface area contributed by atoms with Gasteiger partial charge in [-0.2, -0.15) is 0 Å². The smallest absolute Gasteiger partial charge is 0.299 e. The number of nitrogens with two attached hydrogens (primary N) is 1. The van der Waals surface area contributed by atoms with Crippen LogP contribution in [0.15, 0.2) is 61.1 Å². The number of hydrogen-bond donors (Lipinski definition) is 3. The average Bonchev–Trinajstić information content (AvgIpc) is 3.31. The van der Waals surface area contributed by atoms with E-state index >= 15 is 0 Å². The molecule has 1 aliphatic rings. The Morgan fingerprint density at radius 3 is 2.61 bits per heavy atom. The van der Waals surface area contributed by atoms with Gasteiger partial charge < -0.3 is 21.3 Å². The zero-order valence-electron chi connectivity index (χ0n) is 21.3. The molecule has 4 N–H and O–H groups in total. The lowest BCUT2D eigenvalue weighted by atomic mass is 10.00. The molecule has 4 heterocycles. The Bertz CT molecular complexity index is 1550. The number of amides is 2. The molecule has 1 aromatic carbocycles. The van der Waals surface area contributed by atoms with Crippen molar-refractivity contribution in [3.8, 4) is 23.1 Å². The number of nitrogens with one attached hydrogen (secondary N) is 2. The number of aromatic nitrogens is 4. The number of fused-ring (bicyclic) bond motifs is 1. The quantitative estimate of drug-likeness (QED) is 0.361. The van der Waals surface area contributed by atoms with Crippen LogP contribution in [-0.2, 0) is 4.79 Å². The average molecular weight is 509 g/mol. The van der Waals surface area contributed by atoms with Crippen LogP contribution in [0.4, 0.5) is 11.6 Å². The van der Waals surface area contributed by atoms with E-state index in [1.807, 2.05) is 30.4 Å². The van der Waals surface area contributed by atoms with Gasteiger partial charge in [0.05, 0.1) is 0 Å². The minimum absolute atomic E-state index is 0.0840. The third-order valence-electron chi connectivity index (χ3n) is 6.65. The van der Waals surface area contributed by atoms with Gasteiger partial charge >= 0.3 is 0 Å². The molecule has 0 radical (unpaired) electrons. The highest BCUT2D eigenvalue weighted by Gasteiger charge is 2.39. The van der Waals surface area contributed by atoms with E-state index in [-0.39, 0.29) is 23.9 Å². The monoisotopic (exact) mass is 508 g/mol. The molecule has 38 heavy (non-hydrogen) atoms. The number of carbonyl (C=O) groups is 2. The van der Waals surface area contributed by atoms with Crippen molar-refractivity contribution in [2.75, 3.05) is 17.6 Å². The van der Waals surface area contributed by atoms with Gasteiger partial charge in [0, 0.05) is 48.3 Å². The number of rotatable bonds is 4. The largest absolute Gasteiger partial charge is 0.382 e. The number of hydrogen-bond acceptors (Lipinski definition) is 7. The number of benzene rings is 1. The molecule has 4 aromatic rings. The lowest BCUT2D eigenvalue weighted by molar-refractivity contribution is -0.132. The molecule has 0 bridgehead atoms.